The standard InChI is InChI=1S/C19H12O2/c20-19-17-8-4-3-7-16(17)18(21-19)12-13-9-10-14-5-1-2-6-15(14)11-13/h1-12H. The van der Waals surface area contributed by atoms with E-state index in [0.717, 1.165) is 11.1 Å². The van der Waals surface area contributed by atoms with Crippen molar-refractivity contribution in [1.29, 1.82) is 0 Å². The van der Waals surface area contributed by atoms with Gasteiger partial charge in [-0.25, -0.2) is 4.79 Å². The smallest absolute Gasteiger partial charge is 0.344 e. The first kappa shape index (κ1) is 11.9. The fourth-order valence-electron chi connectivity index (χ4n) is 2.64. The minimum absolute atomic E-state index is 0.280. The Bertz CT molecular complexity index is 891. The van der Waals surface area contributed by atoms with Crippen LogP contribution >= 0.6 is 0 Å². The Hall–Kier alpha value is -2.87. The number of carbonyl (C=O) groups is 1. The van der Waals surface area contributed by atoms with Gasteiger partial charge in [0, 0.05) is 5.56 Å². The van der Waals surface area contributed by atoms with Gasteiger partial charge in [0.15, 0.2) is 0 Å². The number of rotatable bonds is 1. The molecule has 0 aliphatic carbocycles. The molecule has 0 fully saturated rings. The zero-order valence-corrected chi connectivity index (χ0v) is 11.2. The number of hydrogen-bond donors (Lipinski definition) is 0. The number of carbonyl (C=O) groups excluding carboxylic acids is 1. The molecule has 2 heteroatoms. The summed E-state index contributed by atoms with van der Waals surface area (Å²) in [5, 5.41) is 2.37. The van der Waals surface area contributed by atoms with Crippen molar-refractivity contribution in [3.63, 3.8) is 0 Å². The summed E-state index contributed by atoms with van der Waals surface area (Å²) >= 11 is 0. The Kier molecular flexibility index (Phi) is 2.61. The van der Waals surface area contributed by atoms with Crippen molar-refractivity contribution in [2.24, 2.45) is 0 Å². The van der Waals surface area contributed by atoms with Crippen molar-refractivity contribution < 1.29 is 9.53 Å². The number of cyclic esters (lactones) is 1. The van der Waals surface area contributed by atoms with E-state index in [1.807, 2.05) is 42.5 Å². The minimum atomic E-state index is -0.280. The molecular weight excluding hydrogens is 260 g/mol. The number of ether oxygens (including phenoxy) is 1. The molecule has 0 N–H and O–H groups in total. The molecule has 2 nitrogen and oxygen atoms in total. The topological polar surface area (TPSA) is 26.3 Å². The lowest BCUT2D eigenvalue weighted by Gasteiger charge is -2.01. The van der Waals surface area contributed by atoms with E-state index in [4.69, 9.17) is 4.74 Å². The SMILES string of the molecule is O=C1OC(=Cc2ccc3ccccc3c2)c2ccccc21. The maximum atomic E-state index is 11.8. The highest BCUT2D eigenvalue weighted by molar-refractivity contribution is 6.05. The predicted molar refractivity (Wildman–Crippen MR) is 83.7 cm³/mol. The average Bonchev–Trinajstić information content (AvgIpc) is 2.84. The van der Waals surface area contributed by atoms with Gasteiger partial charge in [0.2, 0.25) is 0 Å². The minimum Gasteiger partial charge on any atom is -0.422 e. The third-order valence-corrected chi connectivity index (χ3v) is 3.69. The Morgan fingerprint density at radius 3 is 2.33 bits per heavy atom. The highest BCUT2D eigenvalue weighted by Gasteiger charge is 2.25. The van der Waals surface area contributed by atoms with E-state index in [1.165, 1.54) is 10.8 Å². The van der Waals surface area contributed by atoms with Crippen molar-refractivity contribution in [3.8, 4) is 0 Å². The molecule has 1 aliphatic rings. The van der Waals surface area contributed by atoms with Crippen molar-refractivity contribution in [2.45, 2.75) is 0 Å². The van der Waals surface area contributed by atoms with Crippen LogP contribution in [0, 0.1) is 0 Å². The highest BCUT2D eigenvalue weighted by atomic mass is 16.5. The van der Waals surface area contributed by atoms with Gasteiger partial charge < -0.3 is 4.74 Å². The zero-order chi connectivity index (χ0) is 14.2. The molecule has 0 atom stereocenters. The lowest BCUT2D eigenvalue weighted by atomic mass is 10.0. The van der Waals surface area contributed by atoms with Gasteiger partial charge in [-0.15, -0.1) is 0 Å². The summed E-state index contributed by atoms with van der Waals surface area (Å²) in [6.07, 6.45) is 1.91. The monoisotopic (exact) mass is 272 g/mol. The fraction of sp³-hybridized carbons (Fsp3) is 0. The first-order chi connectivity index (χ1) is 10.3. The molecule has 0 aromatic heterocycles. The summed E-state index contributed by atoms with van der Waals surface area (Å²) in [5.74, 6) is 0.337. The Morgan fingerprint density at radius 1 is 0.762 bits per heavy atom. The lowest BCUT2D eigenvalue weighted by molar-refractivity contribution is 0.0717. The molecule has 3 aromatic carbocycles. The van der Waals surface area contributed by atoms with Crippen LogP contribution in [0.3, 0.4) is 0 Å². The largest absolute Gasteiger partial charge is 0.422 e. The molecule has 21 heavy (non-hydrogen) atoms. The van der Waals surface area contributed by atoms with Gasteiger partial charge >= 0.3 is 5.97 Å². The molecular formula is C19H12O2. The molecule has 0 saturated carbocycles. The third kappa shape index (κ3) is 2.01. The van der Waals surface area contributed by atoms with Crippen LogP contribution in [0.2, 0.25) is 0 Å². The second kappa shape index (κ2) is 4.60. The van der Waals surface area contributed by atoms with Crippen LogP contribution in [0.1, 0.15) is 21.5 Å². The number of fused-ring (bicyclic) bond motifs is 2. The van der Waals surface area contributed by atoms with E-state index in [9.17, 15) is 4.79 Å². The molecule has 100 valence electrons. The third-order valence-electron chi connectivity index (χ3n) is 3.69. The fourth-order valence-corrected chi connectivity index (χ4v) is 2.64. The van der Waals surface area contributed by atoms with Gasteiger partial charge in [0.05, 0.1) is 5.56 Å². The summed E-state index contributed by atoms with van der Waals surface area (Å²) in [6, 6.07) is 21.9. The summed E-state index contributed by atoms with van der Waals surface area (Å²) in [7, 11) is 0. The van der Waals surface area contributed by atoms with Gasteiger partial charge in [0.25, 0.3) is 0 Å². The highest BCUT2D eigenvalue weighted by Crippen LogP contribution is 2.31. The van der Waals surface area contributed by atoms with Crippen LogP contribution in [0.4, 0.5) is 0 Å². The maximum Gasteiger partial charge on any atom is 0.344 e. The molecule has 0 saturated heterocycles. The second-order valence-corrected chi connectivity index (χ2v) is 5.05. The van der Waals surface area contributed by atoms with Crippen LogP contribution in [-0.4, -0.2) is 5.97 Å². The lowest BCUT2D eigenvalue weighted by Crippen LogP contribution is -1.92. The molecule has 0 bridgehead atoms. The van der Waals surface area contributed by atoms with Crippen LogP contribution in [0.25, 0.3) is 22.6 Å². The first-order valence-corrected chi connectivity index (χ1v) is 6.83. The van der Waals surface area contributed by atoms with Crippen LogP contribution < -0.4 is 0 Å². The van der Waals surface area contributed by atoms with Gasteiger partial charge in [-0.3, -0.25) is 0 Å². The van der Waals surface area contributed by atoms with E-state index < -0.39 is 0 Å². The predicted octanol–water partition coefficient (Wildman–Crippen LogP) is 4.51. The van der Waals surface area contributed by atoms with E-state index >= 15 is 0 Å². The van der Waals surface area contributed by atoms with Gasteiger partial charge in [0.1, 0.15) is 5.76 Å². The van der Waals surface area contributed by atoms with Crippen LogP contribution in [0.5, 0.6) is 0 Å². The Labute approximate surface area is 122 Å². The Morgan fingerprint density at radius 2 is 1.48 bits per heavy atom. The quantitative estimate of drug-likeness (QED) is 0.609. The van der Waals surface area contributed by atoms with Crippen LogP contribution in [-0.2, 0) is 4.74 Å². The van der Waals surface area contributed by atoms with Crippen molar-refractivity contribution in [3.05, 3.63) is 83.4 Å². The second-order valence-electron chi connectivity index (χ2n) is 5.05. The Balaban J connectivity index is 1.82. The van der Waals surface area contributed by atoms with Crippen molar-refractivity contribution >= 4 is 28.6 Å². The van der Waals surface area contributed by atoms with E-state index in [-0.39, 0.29) is 5.97 Å². The van der Waals surface area contributed by atoms with Gasteiger partial charge in [-0.05, 0) is 34.5 Å². The molecule has 0 amide bonds. The summed E-state index contributed by atoms with van der Waals surface area (Å²) in [6.45, 7) is 0. The molecule has 1 heterocycles. The number of esters is 1. The molecule has 3 aromatic rings. The van der Waals surface area contributed by atoms with Gasteiger partial charge in [-0.2, -0.15) is 0 Å². The molecule has 4 rings (SSSR count). The maximum absolute atomic E-state index is 11.8. The summed E-state index contributed by atoms with van der Waals surface area (Å²) in [5.41, 5.74) is 2.51. The molecule has 1 aliphatic heterocycles. The molecule has 0 radical (unpaired) electrons. The molecule has 0 spiro atoms. The molecule has 0 unspecified atom stereocenters. The van der Waals surface area contributed by atoms with Gasteiger partial charge in [-0.1, -0.05) is 54.6 Å². The zero-order valence-electron chi connectivity index (χ0n) is 11.2. The summed E-state index contributed by atoms with van der Waals surface area (Å²) in [4.78, 5) is 11.8. The van der Waals surface area contributed by atoms with Crippen LogP contribution in [0.15, 0.2) is 66.7 Å². The number of hydrogen-bond acceptors (Lipinski definition) is 2. The van der Waals surface area contributed by atoms with Crippen molar-refractivity contribution in [1.82, 2.24) is 0 Å². The van der Waals surface area contributed by atoms with E-state index in [0.29, 0.717) is 11.3 Å². The normalized spacial score (nSPS) is 15.2. The van der Waals surface area contributed by atoms with Crippen molar-refractivity contribution in [2.75, 3.05) is 0 Å². The number of benzene rings is 3. The summed E-state index contributed by atoms with van der Waals surface area (Å²) < 4.78 is 5.37. The van der Waals surface area contributed by atoms with E-state index in [1.54, 1.807) is 6.07 Å². The van der Waals surface area contributed by atoms with E-state index in [2.05, 4.69) is 24.3 Å². The first-order valence-electron chi connectivity index (χ1n) is 6.83. The average molecular weight is 272 g/mol.